The summed E-state index contributed by atoms with van der Waals surface area (Å²) in [5.74, 6) is 0. The molecule has 118 valence electrons. The molecule has 1 fully saturated rings. The van der Waals surface area contributed by atoms with Crippen LogP contribution in [-0.4, -0.2) is 25.2 Å². The molecular weight excluding hydrogens is 286 g/mol. The van der Waals surface area contributed by atoms with Gasteiger partial charge in [-0.3, -0.25) is 4.90 Å². The number of hydrogen-bond acceptors (Lipinski definition) is 2. The van der Waals surface area contributed by atoms with Crippen molar-refractivity contribution >= 4 is 23.1 Å². The molecule has 0 bridgehead atoms. The van der Waals surface area contributed by atoms with Crippen molar-refractivity contribution in [2.45, 2.75) is 25.8 Å². The van der Waals surface area contributed by atoms with E-state index in [1.807, 2.05) is 48.2 Å². The zero-order chi connectivity index (χ0) is 15.8. The Morgan fingerprint density at radius 3 is 2.78 bits per heavy atom. The number of para-hydroxylation sites is 2. The van der Waals surface area contributed by atoms with Gasteiger partial charge in [0.2, 0.25) is 0 Å². The number of carbonyl (C=O) groups is 1. The number of nitrogens with zero attached hydrogens (tertiary/aromatic N) is 2. The summed E-state index contributed by atoms with van der Waals surface area (Å²) in [6.45, 7) is 3.88. The van der Waals surface area contributed by atoms with E-state index in [9.17, 15) is 4.79 Å². The van der Waals surface area contributed by atoms with Gasteiger partial charge in [-0.1, -0.05) is 24.3 Å². The molecule has 1 saturated heterocycles. The van der Waals surface area contributed by atoms with Crippen molar-refractivity contribution in [2.75, 3.05) is 28.2 Å². The summed E-state index contributed by atoms with van der Waals surface area (Å²) in [6, 6.07) is 16.5. The summed E-state index contributed by atoms with van der Waals surface area (Å²) in [4.78, 5) is 17.2. The molecule has 0 aromatic heterocycles. The summed E-state index contributed by atoms with van der Waals surface area (Å²) in [5, 5.41) is 3.04. The summed E-state index contributed by atoms with van der Waals surface area (Å²) >= 11 is 0. The van der Waals surface area contributed by atoms with Crippen molar-refractivity contribution < 1.29 is 4.79 Å². The number of nitrogens with one attached hydrogen (secondary N) is 1. The minimum atomic E-state index is -0.0467. The lowest BCUT2D eigenvalue weighted by Crippen LogP contribution is -2.49. The minimum Gasteiger partial charge on any atom is -0.365 e. The molecule has 2 aliphatic rings. The van der Waals surface area contributed by atoms with Gasteiger partial charge in [0, 0.05) is 24.8 Å². The Balaban J connectivity index is 1.63. The lowest BCUT2D eigenvalue weighted by atomic mass is 10.1. The standard InChI is InChI=1S/C19H21N3O/c1-14-6-4-7-15(12-14)20-19(23)22-13-16-8-5-11-21(16)17-9-2-3-10-18(17)22/h2-4,6-7,9-10,12,16H,5,8,11,13H2,1H3,(H,20,23)/t16-/m1/s1. The van der Waals surface area contributed by atoms with Crippen LogP contribution in [0.5, 0.6) is 0 Å². The van der Waals surface area contributed by atoms with Gasteiger partial charge in [-0.15, -0.1) is 0 Å². The van der Waals surface area contributed by atoms with Crippen molar-refractivity contribution in [3.8, 4) is 0 Å². The summed E-state index contributed by atoms with van der Waals surface area (Å²) < 4.78 is 0. The number of amides is 2. The van der Waals surface area contributed by atoms with Gasteiger partial charge >= 0.3 is 6.03 Å². The van der Waals surface area contributed by atoms with E-state index in [0.29, 0.717) is 6.04 Å². The number of rotatable bonds is 1. The van der Waals surface area contributed by atoms with E-state index < -0.39 is 0 Å². The molecule has 0 unspecified atom stereocenters. The molecule has 4 nitrogen and oxygen atoms in total. The Labute approximate surface area is 136 Å². The van der Waals surface area contributed by atoms with Crippen molar-refractivity contribution in [1.29, 1.82) is 0 Å². The van der Waals surface area contributed by atoms with Crippen molar-refractivity contribution in [2.24, 2.45) is 0 Å². The molecule has 4 rings (SSSR count). The maximum Gasteiger partial charge on any atom is 0.326 e. The van der Waals surface area contributed by atoms with Crippen LogP contribution in [0.2, 0.25) is 0 Å². The van der Waals surface area contributed by atoms with E-state index in [0.717, 1.165) is 36.4 Å². The largest absolute Gasteiger partial charge is 0.365 e. The van der Waals surface area contributed by atoms with Crippen LogP contribution in [0.4, 0.5) is 21.9 Å². The molecular formula is C19H21N3O. The van der Waals surface area contributed by atoms with E-state index in [-0.39, 0.29) is 6.03 Å². The Morgan fingerprint density at radius 1 is 1.13 bits per heavy atom. The predicted octanol–water partition coefficient (Wildman–Crippen LogP) is 4.02. The topological polar surface area (TPSA) is 35.6 Å². The first-order valence-electron chi connectivity index (χ1n) is 8.23. The molecule has 0 aliphatic carbocycles. The zero-order valence-corrected chi connectivity index (χ0v) is 13.3. The number of hydrogen-bond donors (Lipinski definition) is 1. The van der Waals surface area contributed by atoms with Gasteiger partial charge in [0.05, 0.1) is 11.4 Å². The second-order valence-electron chi connectivity index (χ2n) is 6.39. The second kappa shape index (κ2) is 5.61. The van der Waals surface area contributed by atoms with Gasteiger partial charge in [-0.05, 0) is 49.6 Å². The SMILES string of the molecule is Cc1cccc(NC(=O)N2C[C@H]3CCCN3c3ccccc32)c1. The molecule has 0 saturated carbocycles. The Kier molecular flexibility index (Phi) is 3.45. The lowest BCUT2D eigenvalue weighted by Gasteiger charge is -2.40. The molecule has 0 spiro atoms. The lowest BCUT2D eigenvalue weighted by molar-refractivity contribution is 0.256. The highest BCUT2D eigenvalue weighted by Gasteiger charge is 2.36. The monoisotopic (exact) mass is 307 g/mol. The number of anilines is 3. The summed E-state index contributed by atoms with van der Waals surface area (Å²) in [5.41, 5.74) is 4.18. The van der Waals surface area contributed by atoms with Gasteiger partial charge in [0.15, 0.2) is 0 Å². The molecule has 1 atom stereocenters. The van der Waals surface area contributed by atoms with Gasteiger partial charge in [0.1, 0.15) is 0 Å². The Morgan fingerprint density at radius 2 is 1.96 bits per heavy atom. The maximum absolute atomic E-state index is 12.8. The molecule has 1 N–H and O–H groups in total. The molecule has 2 aromatic carbocycles. The van der Waals surface area contributed by atoms with Crippen LogP contribution in [-0.2, 0) is 0 Å². The average Bonchev–Trinajstić information content (AvgIpc) is 3.03. The zero-order valence-electron chi connectivity index (χ0n) is 13.3. The smallest absolute Gasteiger partial charge is 0.326 e. The van der Waals surface area contributed by atoms with Crippen LogP contribution < -0.4 is 15.1 Å². The first kappa shape index (κ1) is 14.1. The number of urea groups is 1. The Hall–Kier alpha value is -2.49. The van der Waals surface area contributed by atoms with Gasteiger partial charge in [-0.25, -0.2) is 4.79 Å². The van der Waals surface area contributed by atoms with Crippen LogP contribution in [0.25, 0.3) is 0 Å². The molecule has 2 amide bonds. The highest BCUT2D eigenvalue weighted by molar-refractivity contribution is 6.04. The van der Waals surface area contributed by atoms with Gasteiger partial charge < -0.3 is 10.2 Å². The maximum atomic E-state index is 12.8. The number of benzene rings is 2. The fraction of sp³-hybridized carbons (Fsp3) is 0.316. The number of aryl methyl sites for hydroxylation is 1. The molecule has 2 heterocycles. The highest BCUT2D eigenvalue weighted by Crippen LogP contribution is 2.39. The fourth-order valence-electron chi connectivity index (χ4n) is 3.69. The molecule has 4 heteroatoms. The van der Waals surface area contributed by atoms with Crippen LogP contribution in [0.3, 0.4) is 0 Å². The van der Waals surface area contributed by atoms with E-state index in [1.165, 1.54) is 12.1 Å². The number of fused-ring (bicyclic) bond motifs is 3. The average molecular weight is 307 g/mol. The third-order valence-electron chi connectivity index (χ3n) is 4.77. The second-order valence-corrected chi connectivity index (χ2v) is 6.39. The number of carbonyl (C=O) groups excluding carboxylic acids is 1. The molecule has 2 aliphatic heterocycles. The Bertz CT molecular complexity index is 743. The van der Waals surface area contributed by atoms with E-state index >= 15 is 0 Å². The highest BCUT2D eigenvalue weighted by atomic mass is 16.2. The fourth-order valence-corrected chi connectivity index (χ4v) is 3.69. The molecule has 2 aromatic rings. The first-order chi connectivity index (χ1) is 11.2. The minimum absolute atomic E-state index is 0.0467. The van der Waals surface area contributed by atoms with Crippen LogP contribution in [0, 0.1) is 6.92 Å². The van der Waals surface area contributed by atoms with Crippen LogP contribution in [0.1, 0.15) is 18.4 Å². The molecule has 0 radical (unpaired) electrons. The van der Waals surface area contributed by atoms with E-state index in [4.69, 9.17) is 0 Å². The summed E-state index contributed by atoms with van der Waals surface area (Å²) in [7, 11) is 0. The van der Waals surface area contributed by atoms with Crippen molar-refractivity contribution in [1.82, 2.24) is 0 Å². The van der Waals surface area contributed by atoms with E-state index in [1.54, 1.807) is 0 Å². The van der Waals surface area contributed by atoms with Gasteiger partial charge in [-0.2, -0.15) is 0 Å². The quantitative estimate of drug-likeness (QED) is 0.864. The molecule has 23 heavy (non-hydrogen) atoms. The summed E-state index contributed by atoms with van der Waals surface area (Å²) in [6.07, 6.45) is 2.36. The third kappa shape index (κ3) is 2.54. The van der Waals surface area contributed by atoms with Crippen molar-refractivity contribution in [3.63, 3.8) is 0 Å². The predicted molar refractivity (Wildman–Crippen MR) is 94.4 cm³/mol. The van der Waals surface area contributed by atoms with Gasteiger partial charge in [0.25, 0.3) is 0 Å². The van der Waals surface area contributed by atoms with Crippen molar-refractivity contribution in [3.05, 3.63) is 54.1 Å². The normalized spacial score (nSPS) is 19.3. The first-order valence-corrected chi connectivity index (χ1v) is 8.23. The van der Waals surface area contributed by atoms with E-state index in [2.05, 4.69) is 22.3 Å². The third-order valence-corrected chi connectivity index (χ3v) is 4.77. The van der Waals surface area contributed by atoms with Crippen LogP contribution >= 0.6 is 0 Å². The van der Waals surface area contributed by atoms with Crippen LogP contribution in [0.15, 0.2) is 48.5 Å².